The minimum Gasteiger partial charge on any atom is -0.480 e. The minimum absolute atomic E-state index is 0.352. The van der Waals surface area contributed by atoms with Crippen LogP contribution in [0, 0.1) is 11.8 Å². The van der Waals surface area contributed by atoms with Gasteiger partial charge in [-0.2, -0.15) is 0 Å². The van der Waals surface area contributed by atoms with Crippen molar-refractivity contribution in [1.29, 1.82) is 0 Å². The Morgan fingerprint density at radius 2 is 1.21 bits per heavy atom. The number of carbonyl (C=O) groups is 1. The second-order valence-electron chi connectivity index (χ2n) is 5.47. The van der Waals surface area contributed by atoms with E-state index in [2.05, 4.69) is 27.7 Å². The highest BCUT2D eigenvalue weighted by Gasteiger charge is 2.01. The molecule has 4 unspecified atom stereocenters. The molecular weight excluding hydrogens is 242 g/mol. The third-order valence-electron chi connectivity index (χ3n) is 2.98. The monoisotopic (exact) mass is 277 g/mol. The van der Waals surface area contributed by atoms with E-state index in [1.807, 2.05) is 13.8 Å². The molecule has 0 aromatic carbocycles. The summed E-state index contributed by atoms with van der Waals surface area (Å²) in [7, 11) is 0. The van der Waals surface area contributed by atoms with Gasteiger partial charge in [0.2, 0.25) is 0 Å². The number of hydrogen-bond donors (Lipinski definition) is 4. The Morgan fingerprint density at radius 1 is 0.947 bits per heavy atom. The van der Waals surface area contributed by atoms with Crippen LogP contribution in [0.15, 0.2) is 0 Å². The van der Waals surface area contributed by atoms with Gasteiger partial charge in [0.05, 0.1) is 0 Å². The Hall–Kier alpha value is -0.650. The van der Waals surface area contributed by atoms with E-state index in [1.165, 1.54) is 13.3 Å². The van der Waals surface area contributed by atoms with Crippen LogP contribution in [0.25, 0.3) is 0 Å². The normalized spacial score (nSPS) is 16.2. The second kappa shape index (κ2) is 13.8. The van der Waals surface area contributed by atoms with E-state index >= 15 is 0 Å². The van der Waals surface area contributed by atoms with Gasteiger partial charge in [0, 0.05) is 12.1 Å². The van der Waals surface area contributed by atoms with Crippen molar-refractivity contribution in [2.45, 2.75) is 73.0 Å². The number of aliphatic carboxylic acids is 1. The van der Waals surface area contributed by atoms with Crippen molar-refractivity contribution < 1.29 is 9.90 Å². The van der Waals surface area contributed by atoms with Gasteiger partial charge >= 0.3 is 5.97 Å². The fraction of sp³-hybridized carbons (Fsp3) is 0.929. The average molecular weight is 277 g/mol. The first-order valence-electron chi connectivity index (χ1n) is 6.96. The molecule has 5 heteroatoms. The lowest BCUT2D eigenvalue weighted by atomic mass is 10.0. The summed E-state index contributed by atoms with van der Waals surface area (Å²) in [5.74, 6) is 0.347. The highest BCUT2D eigenvalue weighted by atomic mass is 16.4. The van der Waals surface area contributed by atoms with Crippen LogP contribution in [0.3, 0.4) is 0 Å². The molecule has 118 valence electrons. The van der Waals surface area contributed by atoms with Crippen molar-refractivity contribution in [3.05, 3.63) is 0 Å². The Balaban J connectivity index is -0.000000203. The summed E-state index contributed by atoms with van der Waals surface area (Å²) in [4.78, 5) is 9.57. The molecule has 0 aliphatic rings. The van der Waals surface area contributed by atoms with Gasteiger partial charge in [0.15, 0.2) is 0 Å². The molecule has 0 saturated carbocycles. The number of carboxylic acid groups (broad SMARTS) is 1. The standard InChI is InChI=1S/C6H15N.C5H13N.C3H7NO2/c1-4-5(2)6(3)7;1-4(2)5(3)6;1-2(4)3(5)6/h5-6H,4,7H2,1-3H3;4-5H,6H2,1-3H3;2H,4H2,1H3,(H,5,6). The SMILES string of the molecule is CC(C)C(C)N.CC(N)C(=O)O.CCC(C)C(C)N. The van der Waals surface area contributed by atoms with Crippen LogP contribution in [-0.2, 0) is 4.79 Å². The molecular formula is C14H35N3O2. The third kappa shape index (κ3) is 22.9. The Bertz CT molecular complexity index is 199. The van der Waals surface area contributed by atoms with Crippen molar-refractivity contribution in [1.82, 2.24) is 0 Å². The first kappa shape index (κ1) is 23.4. The Labute approximate surface area is 118 Å². The smallest absolute Gasteiger partial charge is 0.320 e. The van der Waals surface area contributed by atoms with Gasteiger partial charge in [-0.1, -0.05) is 34.1 Å². The lowest BCUT2D eigenvalue weighted by Crippen LogP contribution is -2.25. The van der Waals surface area contributed by atoms with Gasteiger partial charge < -0.3 is 22.3 Å². The zero-order valence-corrected chi connectivity index (χ0v) is 13.7. The largest absolute Gasteiger partial charge is 0.480 e. The molecule has 0 aliphatic heterocycles. The maximum atomic E-state index is 9.57. The molecule has 0 heterocycles. The molecule has 0 radical (unpaired) electrons. The van der Waals surface area contributed by atoms with Crippen LogP contribution < -0.4 is 17.2 Å². The molecule has 5 nitrogen and oxygen atoms in total. The first-order chi connectivity index (χ1) is 8.47. The van der Waals surface area contributed by atoms with Crippen molar-refractivity contribution >= 4 is 5.97 Å². The van der Waals surface area contributed by atoms with Gasteiger partial charge in [-0.05, 0) is 32.6 Å². The minimum atomic E-state index is -0.963. The van der Waals surface area contributed by atoms with Crippen molar-refractivity contribution in [3.63, 3.8) is 0 Å². The third-order valence-corrected chi connectivity index (χ3v) is 2.98. The molecule has 7 N–H and O–H groups in total. The molecule has 4 atom stereocenters. The fourth-order valence-corrected chi connectivity index (χ4v) is 0.372. The molecule has 0 fully saturated rings. The molecule has 19 heavy (non-hydrogen) atoms. The van der Waals surface area contributed by atoms with E-state index in [4.69, 9.17) is 22.3 Å². The van der Waals surface area contributed by atoms with E-state index in [9.17, 15) is 4.79 Å². The second-order valence-corrected chi connectivity index (χ2v) is 5.47. The summed E-state index contributed by atoms with van der Waals surface area (Å²) < 4.78 is 0. The van der Waals surface area contributed by atoms with E-state index in [0.717, 1.165) is 0 Å². The number of carboxylic acids is 1. The zero-order valence-electron chi connectivity index (χ0n) is 13.7. The summed E-state index contributed by atoms with van der Waals surface area (Å²) in [6.07, 6.45) is 1.19. The average Bonchev–Trinajstić information content (AvgIpc) is 2.29. The Kier molecular flexibility index (Phi) is 17.0. The fourth-order valence-electron chi connectivity index (χ4n) is 0.372. The predicted octanol–water partition coefficient (Wildman–Crippen LogP) is 1.79. The van der Waals surface area contributed by atoms with Crippen LogP contribution in [0.2, 0.25) is 0 Å². The van der Waals surface area contributed by atoms with E-state index in [-0.39, 0.29) is 0 Å². The molecule has 0 aromatic heterocycles. The van der Waals surface area contributed by atoms with E-state index in [0.29, 0.717) is 23.9 Å². The van der Waals surface area contributed by atoms with Crippen LogP contribution in [0.1, 0.15) is 54.9 Å². The summed E-state index contributed by atoms with van der Waals surface area (Å²) >= 11 is 0. The lowest BCUT2D eigenvalue weighted by molar-refractivity contribution is -0.138. The molecule has 0 saturated heterocycles. The summed E-state index contributed by atoms with van der Waals surface area (Å²) in [6.45, 7) is 14.1. The maximum absolute atomic E-state index is 9.57. The van der Waals surface area contributed by atoms with Crippen molar-refractivity contribution in [3.8, 4) is 0 Å². The van der Waals surface area contributed by atoms with Gasteiger partial charge in [-0.3, -0.25) is 4.79 Å². The molecule has 0 spiro atoms. The molecule has 0 aromatic rings. The number of nitrogens with two attached hydrogens (primary N) is 3. The summed E-state index contributed by atoms with van der Waals surface area (Å²) in [5, 5.41) is 7.87. The van der Waals surface area contributed by atoms with Crippen LogP contribution >= 0.6 is 0 Å². The highest BCUT2D eigenvalue weighted by Crippen LogP contribution is 2.02. The quantitative estimate of drug-likeness (QED) is 0.625. The Morgan fingerprint density at radius 3 is 1.21 bits per heavy atom. The zero-order chi connectivity index (χ0) is 16.2. The molecule has 0 amide bonds. The predicted molar refractivity (Wildman–Crippen MR) is 82.9 cm³/mol. The lowest BCUT2D eigenvalue weighted by Gasteiger charge is -2.10. The van der Waals surface area contributed by atoms with E-state index in [1.54, 1.807) is 0 Å². The topological polar surface area (TPSA) is 115 Å². The molecule has 0 bridgehead atoms. The van der Waals surface area contributed by atoms with Gasteiger partial charge in [-0.15, -0.1) is 0 Å². The van der Waals surface area contributed by atoms with E-state index < -0.39 is 12.0 Å². The van der Waals surface area contributed by atoms with Gasteiger partial charge in [-0.25, -0.2) is 0 Å². The first-order valence-corrected chi connectivity index (χ1v) is 6.96. The summed E-state index contributed by atoms with van der Waals surface area (Å²) in [5.41, 5.74) is 15.8. The van der Waals surface area contributed by atoms with Crippen LogP contribution in [0.4, 0.5) is 0 Å². The van der Waals surface area contributed by atoms with Crippen LogP contribution in [-0.4, -0.2) is 29.2 Å². The molecule has 0 aliphatic carbocycles. The van der Waals surface area contributed by atoms with Gasteiger partial charge in [0.25, 0.3) is 0 Å². The number of hydrogen-bond acceptors (Lipinski definition) is 4. The van der Waals surface area contributed by atoms with Crippen molar-refractivity contribution in [2.75, 3.05) is 0 Å². The van der Waals surface area contributed by atoms with Crippen molar-refractivity contribution in [2.24, 2.45) is 29.0 Å². The summed E-state index contributed by atoms with van der Waals surface area (Å²) in [6, 6.07) is -0.0139. The van der Waals surface area contributed by atoms with Gasteiger partial charge in [0.1, 0.15) is 6.04 Å². The maximum Gasteiger partial charge on any atom is 0.320 e. The molecule has 0 rings (SSSR count). The van der Waals surface area contributed by atoms with Crippen LogP contribution in [0.5, 0.6) is 0 Å². The number of rotatable bonds is 4. The highest BCUT2D eigenvalue weighted by molar-refractivity contribution is 5.72.